The lowest BCUT2D eigenvalue weighted by molar-refractivity contribution is 0.464. The number of phenols is 1. The molecule has 1 heterocycles. The molecule has 1 aromatic heterocycles. The second-order valence-electron chi connectivity index (χ2n) is 3.20. The predicted molar refractivity (Wildman–Crippen MR) is 60.8 cm³/mol. The van der Waals surface area contributed by atoms with Crippen LogP contribution in [0.15, 0.2) is 36.0 Å². The van der Waals surface area contributed by atoms with Crippen LogP contribution in [0.1, 0.15) is 10.4 Å². The second kappa shape index (κ2) is 4.91. The normalized spacial score (nSPS) is 10.4. The molecule has 0 atom stereocenters. The largest absolute Gasteiger partial charge is 0.508 e. The maximum absolute atomic E-state index is 9.52. The summed E-state index contributed by atoms with van der Waals surface area (Å²) in [6, 6.07) is 7.35. The van der Waals surface area contributed by atoms with Crippen molar-refractivity contribution in [2.75, 3.05) is 0 Å². The Bertz CT molecular complexity index is 414. The molecule has 0 unspecified atom stereocenters. The third-order valence-corrected chi connectivity index (χ3v) is 2.87. The van der Waals surface area contributed by atoms with E-state index < -0.39 is 0 Å². The van der Waals surface area contributed by atoms with Gasteiger partial charge in [0.2, 0.25) is 0 Å². The van der Waals surface area contributed by atoms with Crippen molar-refractivity contribution in [1.29, 1.82) is 0 Å². The van der Waals surface area contributed by atoms with E-state index in [0.29, 0.717) is 12.3 Å². The van der Waals surface area contributed by atoms with Crippen molar-refractivity contribution in [3.8, 4) is 5.75 Å². The van der Waals surface area contributed by atoms with Gasteiger partial charge in [-0.3, -0.25) is 4.98 Å². The second-order valence-corrected chi connectivity index (χ2v) is 4.17. The fraction of sp³-hybridized carbons (Fsp3) is 0.182. The summed E-state index contributed by atoms with van der Waals surface area (Å²) in [4.78, 5) is 5.19. The van der Waals surface area contributed by atoms with Gasteiger partial charge < -0.3 is 10.4 Å². The summed E-state index contributed by atoms with van der Waals surface area (Å²) in [6.45, 7) is 1.46. The van der Waals surface area contributed by atoms with Crippen LogP contribution in [0.4, 0.5) is 0 Å². The van der Waals surface area contributed by atoms with E-state index in [2.05, 4.69) is 10.3 Å². The molecule has 0 aliphatic carbocycles. The molecule has 0 fully saturated rings. The highest BCUT2D eigenvalue weighted by molar-refractivity contribution is 7.09. The molecule has 78 valence electrons. The van der Waals surface area contributed by atoms with Gasteiger partial charge in [-0.05, 0) is 6.07 Å². The number of nitrogens with zero attached hydrogens (tertiary/aromatic N) is 1. The Balaban J connectivity index is 1.86. The van der Waals surface area contributed by atoms with Crippen LogP contribution in [0.5, 0.6) is 5.75 Å². The smallest absolute Gasteiger partial charge is 0.120 e. The van der Waals surface area contributed by atoms with Crippen LogP contribution < -0.4 is 5.32 Å². The summed E-state index contributed by atoms with van der Waals surface area (Å²) in [5.41, 5.74) is 2.74. The maximum atomic E-state index is 9.52. The molecule has 0 amide bonds. The van der Waals surface area contributed by atoms with Gasteiger partial charge in [0.25, 0.3) is 0 Å². The Labute approximate surface area is 92.4 Å². The minimum absolute atomic E-state index is 0.342. The van der Waals surface area contributed by atoms with Crippen molar-refractivity contribution < 1.29 is 5.11 Å². The van der Waals surface area contributed by atoms with Crippen LogP contribution in [-0.2, 0) is 13.1 Å². The number of benzene rings is 1. The standard InChI is InChI=1S/C11H12N2OS/c14-11-4-2-1-3-9(11)5-12-6-10-7-13-8-15-10/h1-4,7-8,12,14H,5-6H2. The molecule has 1 aromatic carbocycles. The van der Waals surface area contributed by atoms with Crippen molar-refractivity contribution in [2.45, 2.75) is 13.1 Å². The molecule has 4 heteroatoms. The molecule has 0 saturated carbocycles. The molecular formula is C11H12N2OS. The fourth-order valence-electron chi connectivity index (χ4n) is 1.31. The van der Waals surface area contributed by atoms with Gasteiger partial charge in [0.05, 0.1) is 5.51 Å². The molecule has 0 aliphatic heterocycles. The number of phenolic OH excluding ortho intramolecular Hbond substituents is 1. The SMILES string of the molecule is Oc1ccccc1CNCc1cncs1. The first-order valence-electron chi connectivity index (χ1n) is 4.71. The molecule has 2 rings (SSSR count). The van der Waals surface area contributed by atoms with E-state index in [9.17, 15) is 5.11 Å². The first-order chi connectivity index (χ1) is 7.36. The number of para-hydroxylation sites is 1. The lowest BCUT2D eigenvalue weighted by Crippen LogP contribution is -2.11. The predicted octanol–water partition coefficient (Wildman–Crippen LogP) is 2.14. The summed E-state index contributed by atoms with van der Waals surface area (Å²) in [6.07, 6.45) is 1.85. The van der Waals surface area contributed by atoms with Crippen LogP contribution in [0.25, 0.3) is 0 Å². The highest BCUT2D eigenvalue weighted by atomic mass is 32.1. The Morgan fingerprint density at radius 2 is 2.13 bits per heavy atom. The molecule has 0 bridgehead atoms. The van der Waals surface area contributed by atoms with Gasteiger partial charge >= 0.3 is 0 Å². The zero-order chi connectivity index (χ0) is 10.5. The molecule has 0 radical (unpaired) electrons. The molecule has 2 aromatic rings. The van der Waals surface area contributed by atoms with E-state index in [-0.39, 0.29) is 0 Å². The van der Waals surface area contributed by atoms with Gasteiger partial charge in [-0.25, -0.2) is 0 Å². The monoisotopic (exact) mass is 220 g/mol. The number of nitrogens with one attached hydrogen (secondary N) is 1. The zero-order valence-electron chi connectivity index (χ0n) is 8.18. The summed E-state index contributed by atoms with van der Waals surface area (Å²) in [5.74, 6) is 0.342. The van der Waals surface area contributed by atoms with E-state index in [0.717, 1.165) is 12.1 Å². The van der Waals surface area contributed by atoms with Crippen molar-refractivity contribution >= 4 is 11.3 Å². The van der Waals surface area contributed by atoms with Gasteiger partial charge in [0.15, 0.2) is 0 Å². The molecule has 15 heavy (non-hydrogen) atoms. The van der Waals surface area contributed by atoms with E-state index in [1.165, 1.54) is 4.88 Å². The molecular weight excluding hydrogens is 208 g/mol. The average Bonchev–Trinajstić information content (AvgIpc) is 2.74. The highest BCUT2D eigenvalue weighted by Crippen LogP contribution is 2.15. The molecule has 0 spiro atoms. The molecule has 0 saturated heterocycles. The Kier molecular flexibility index (Phi) is 3.32. The topological polar surface area (TPSA) is 45.1 Å². The number of aromatic nitrogens is 1. The van der Waals surface area contributed by atoms with Crippen LogP contribution >= 0.6 is 11.3 Å². The number of hydrogen-bond acceptors (Lipinski definition) is 4. The van der Waals surface area contributed by atoms with Gasteiger partial charge in [0.1, 0.15) is 5.75 Å². The quantitative estimate of drug-likeness (QED) is 0.829. The van der Waals surface area contributed by atoms with Gasteiger partial charge in [0, 0.05) is 29.7 Å². The van der Waals surface area contributed by atoms with E-state index >= 15 is 0 Å². The summed E-state index contributed by atoms with van der Waals surface area (Å²) in [7, 11) is 0. The van der Waals surface area contributed by atoms with Crippen LogP contribution in [0.3, 0.4) is 0 Å². The van der Waals surface area contributed by atoms with Crippen molar-refractivity contribution in [2.24, 2.45) is 0 Å². The van der Waals surface area contributed by atoms with E-state index in [1.54, 1.807) is 17.4 Å². The van der Waals surface area contributed by atoms with Gasteiger partial charge in [-0.15, -0.1) is 11.3 Å². The Morgan fingerprint density at radius 1 is 1.27 bits per heavy atom. The van der Waals surface area contributed by atoms with Crippen molar-refractivity contribution in [3.05, 3.63) is 46.4 Å². The van der Waals surface area contributed by atoms with Crippen molar-refractivity contribution in [3.63, 3.8) is 0 Å². The summed E-state index contributed by atoms with van der Waals surface area (Å²) < 4.78 is 0. The minimum Gasteiger partial charge on any atom is -0.508 e. The molecule has 0 aliphatic rings. The maximum Gasteiger partial charge on any atom is 0.120 e. The first-order valence-corrected chi connectivity index (χ1v) is 5.59. The van der Waals surface area contributed by atoms with Gasteiger partial charge in [-0.2, -0.15) is 0 Å². The van der Waals surface area contributed by atoms with Crippen LogP contribution in [0, 0.1) is 0 Å². The van der Waals surface area contributed by atoms with Crippen LogP contribution in [0.2, 0.25) is 0 Å². The zero-order valence-corrected chi connectivity index (χ0v) is 9.00. The third-order valence-electron chi connectivity index (χ3n) is 2.09. The Hall–Kier alpha value is -1.39. The third kappa shape index (κ3) is 2.78. The lowest BCUT2D eigenvalue weighted by Gasteiger charge is -2.04. The van der Waals surface area contributed by atoms with E-state index in [4.69, 9.17) is 0 Å². The number of aromatic hydroxyl groups is 1. The summed E-state index contributed by atoms with van der Waals surface area (Å²) in [5, 5.41) is 12.8. The van der Waals surface area contributed by atoms with Crippen LogP contribution in [-0.4, -0.2) is 10.1 Å². The fourth-order valence-corrected chi connectivity index (χ4v) is 1.87. The number of hydrogen-bond donors (Lipinski definition) is 2. The number of thiazole rings is 1. The summed E-state index contributed by atoms with van der Waals surface area (Å²) >= 11 is 1.63. The molecule has 2 N–H and O–H groups in total. The highest BCUT2D eigenvalue weighted by Gasteiger charge is 1.99. The average molecular weight is 220 g/mol. The van der Waals surface area contributed by atoms with Gasteiger partial charge in [-0.1, -0.05) is 18.2 Å². The molecule has 3 nitrogen and oxygen atoms in total. The van der Waals surface area contributed by atoms with E-state index in [1.807, 2.05) is 29.9 Å². The lowest BCUT2D eigenvalue weighted by atomic mass is 10.2. The Morgan fingerprint density at radius 3 is 2.87 bits per heavy atom. The number of rotatable bonds is 4. The van der Waals surface area contributed by atoms with Crippen molar-refractivity contribution in [1.82, 2.24) is 10.3 Å². The first kappa shape index (κ1) is 10.1. The minimum atomic E-state index is 0.342.